The number of hydrogen-bond donors (Lipinski definition) is 1. The fraction of sp³-hybridized carbons (Fsp3) is 0.0833. The third-order valence-corrected chi connectivity index (χ3v) is 3.30. The average Bonchev–Trinajstić information content (AvgIpc) is 3.09. The van der Waals surface area contributed by atoms with Gasteiger partial charge in [-0.1, -0.05) is 5.16 Å². The van der Waals surface area contributed by atoms with Crippen LogP contribution in [0.2, 0.25) is 0 Å². The van der Waals surface area contributed by atoms with Gasteiger partial charge in [-0.15, -0.1) is 11.8 Å². The van der Waals surface area contributed by atoms with Crippen LogP contribution in [0.25, 0.3) is 11.7 Å². The lowest BCUT2D eigenvalue weighted by Crippen LogP contribution is -1.89. The SMILES string of the molecule is Nc1ccc(SCc2noc(-c3ccco3)n2)cn1. The standard InChI is InChI=1S/C12H10N4O2S/c13-10-4-3-8(6-14-10)19-7-11-15-12(18-16-11)9-2-1-5-17-9/h1-6H,7H2,(H2,13,14). The molecule has 0 amide bonds. The van der Waals surface area contributed by atoms with Crippen molar-refractivity contribution >= 4 is 17.6 Å². The van der Waals surface area contributed by atoms with Gasteiger partial charge in [0.25, 0.3) is 5.89 Å². The van der Waals surface area contributed by atoms with Gasteiger partial charge in [-0.05, 0) is 24.3 Å². The number of nitrogen functional groups attached to an aromatic ring is 1. The summed E-state index contributed by atoms with van der Waals surface area (Å²) in [6.45, 7) is 0. The Morgan fingerprint density at radius 2 is 2.21 bits per heavy atom. The van der Waals surface area contributed by atoms with Crippen LogP contribution in [0.4, 0.5) is 5.82 Å². The van der Waals surface area contributed by atoms with Gasteiger partial charge in [0, 0.05) is 11.1 Å². The van der Waals surface area contributed by atoms with Gasteiger partial charge in [0.05, 0.1) is 12.0 Å². The van der Waals surface area contributed by atoms with Gasteiger partial charge in [0.15, 0.2) is 11.6 Å². The Kier molecular flexibility index (Phi) is 3.20. The minimum absolute atomic E-state index is 0.385. The normalized spacial score (nSPS) is 10.7. The van der Waals surface area contributed by atoms with Gasteiger partial charge in [-0.3, -0.25) is 0 Å². The molecule has 0 aliphatic carbocycles. The molecular weight excluding hydrogens is 264 g/mol. The van der Waals surface area contributed by atoms with E-state index in [1.54, 1.807) is 42.4 Å². The first kappa shape index (κ1) is 11.8. The van der Waals surface area contributed by atoms with E-state index in [1.807, 2.05) is 6.07 Å². The number of nitrogens with two attached hydrogens (primary N) is 1. The third-order valence-electron chi connectivity index (χ3n) is 2.33. The van der Waals surface area contributed by atoms with E-state index in [0.717, 1.165) is 4.90 Å². The summed E-state index contributed by atoms with van der Waals surface area (Å²) < 4.78 is 10.3. The van der Waals surface area contributed by atoms with Gasteiger partial charge in [-0.2, -0.15) is 4.98 Å². The van der Waals surface area contributed by atoms with Crippen molar-refractivity contribution in [1.29, 1.82) is 0 Å². The van der Waals surface area contributed by atoms with Crippen LogP contribution in [-0.4, -0.2) is 15.1 Å². The first-order valence-corrected chi connectivity index (χ1v) is 6.50. The minimum atomic E-state index is 0.385. The molecule has 3 heterocycles. The lowest BCUT2D eigenvalue weighted by atomic mass is 10.4. The quantitative estimate of drug-likeness (QED) is 0.731. The molecule has 0 saturated carbocycles. The Morgan fingerprint density at radius 1 is 1.26 bits per heavy atom. The molecule has 0 atom stereocenters. The predicted molar refractivity (Wildman–Crippen MR) is 70.2 cm³/mol. The molecule has 0 aliphatic rings. The Morgan fingerprint density at radius 3 is 2.95 bits per heavy atom. The summed E-state index contributed by atoms with van der Waals surface area (Å²) in [6, 6.07) is 7.20. The lowest BCUT2D eigenvalue weighted by molar-refractivity contribution is 0.411. The second-order valence-electron chi connectivity index (χ2n) is 3.70. The summed E-state index contributed by atoms with van der Waals surface area (Å²) in [4.78, 5) is 9.26. The van der Waals surface area contributed by atoms with Crippen molar-refractivity contribution in [2.24, 2.45) is 0 Å². The maximum Gasteiger partial charge on any atom is 0.293 e. The minimum Gasteiger partial charge on any atom is -0.459 e. The summed E-state index contributed by atoms with van der Waals surface area (Å²) in [6.07, 6.45) is 3.28. The molecule has 96 valence electrons. The first-order chi connectivity index (χ1) is 9.31. The highest BCUT2D eigenvalue weighted by molar-refractivity contribution is 7.98. The largest absolute Gasteiger partial charge is 0.459 e. The van der Waals surface area contributed by atoms with E-state index in [1.165, 1.54) is 0 Å². The van der Waals surface area contributed by atoms with Crippen molar-refractivity contribution in [2.75, 3.05) is 5.73 Å². The van der Waals surface area contributed by atoms with E-state index in [4.69, 9.17) is 14.7 Å². The van der Waals surface area contributed by atoms with E-state index in [0.29, 0.717) is 29.0 Å². The molecule has 3 aromatic heterocycles. The second kappa shape index (κ2) is 5.15. The zero-order valence-corrected chi connectivity index (χ0v) is 10.6. The van der Waals surface area contributed by atoms with Gasteiger partial charge in [0.2, 0.25) is 0 Å². The van der Waals surface area contributed by atoms with E-state index in [9.17, 15) is 0 Å². The van der Waals surface area contributed by atoms with Gasteiger partial charge < -0.3 is 14.7 Å². The molecule has 0 radical (unpaired) electrons. The molecule has 19 heavy (non-hydrogen) atoms. The van der Waals surface area contributed by atoms with Crippen LogP contribution in [0, 0.1) is 0 Å². The molecule has 0 aromatic carbocycles. The van der Waals surface area contributed by atoms with Crippen molar-refractivity contribution in [3.8, 4) is 11.7 Å². The summed E-state index contributed by atoms with van der Waals surface area (Å²) in [5, 5.41) is 3.89. The molecule has 3 aromatic rings. The third kappa shape index (κ3) is 2.76. The highest BCUT2D eigenvalue weighted by Gasteiger charge is 2.11. The smallest absolute Gasteiger partial charge is 0.293 e. The molecule has 6 nitrogen and oxygen atoms in total. The van der Waals surface area contributed by atoms with Crippen molar-refractivity contribution in [3.63, 3.8) is 0 Å². The number of rotatable bonds is 4. The fourth-order valence-electron chi connectivity index (χ4n) is 1.44. The first-order valence-electron chi connectivity index (χ1n) is 5.52. The Bertz CT molecular complexity index is 649. The second-order valence-corrected chi connectivity index (χ2v) is 4.75. The van der Waals surface area contributed by atoms with Crippen LogP contribution in [0.1, 0.15) is 5.82 Å². The number of nitrogens with zero attached hydrogens (tertiary/aromatic N) is 3. The molecule has 3 rings (SSSR count). The monoisotopic (exact) mass is 274 g/mol. The molecular formula is C12H10N4O2S. The molecule has 0 bridgehead atoms. The van der Waals surface area contributed by atoms with E-state index >= 15 is 0 Å². The highest BCUT2D eigenvalue weighted by Crippen LogP contribution is 2.23. The molecule has 2 N–H and O–H groups in total. The van der Waals surface area contributed by atoms with Crippen LogP contribution >= 0.6 is 11.8 Å². The predicted octanol–water partition coefficient (Wildman–Crippen LogP) is 2.60. The number of aromatic nitrogens is 3. The van der Waals surface area contributed by atoms with Crippen molar-refractivity contribution < 1.29 is 8.94 Å². The number of furan rings is 1. The number of thioether (sulfide) groups is 1. The van der Waals surface area contributed by atoms with Gasteiger partial charge >= 0.3 is 0 Å². The topological polar surface area (TPSA) is 91.0 Å². The maximum absolute atomic E-state index is 5.52. The molecule has 0 saturated heterocycles. The number of hydrogen-bond acceptors (Lipinski definition) is 7. The van der Waals surface area contributed by atoms with Crippen molar-refractivity contribution in [2.45, 2.75) is 10.6 Å². The Hall–Kier alpha value is -2.28. The molecule has 0 fully saturated rings. The summed E-state index contributed by atoms with van der Waals surface area (Å²) in [5.74, 6) is 2.65. The van der Waals surface area contributed by atoms with Crippen LogP contribution in [-0.2, 0) is 5.75 Å². The Balaban J connectivity index is 1.66. The van der Waals surface area contributed by atoms with Crippen molar-refractivity contribution in [3.05, 3.63) is 42.5 Å². The fourth-order valence-corrected chi connectivity index (χ4v) is 2.14. The Labute approximate surface area is 113 Å². The van der Waals surface area contributed by atoms with Crippen LogP contribution in [0.15, 0.2) is 50.6 Å². The van der Waals surface area contributed by atoms with Crippen molar-refractivity contribution in [1.82, 2.24) is 15.1 Å². The molecule has 0 spiro atoms. The van der Waals surface area contributed by atoms with Gasteiger partial charge in [0.1, 0.15) is 5.82 Å². The zero-order chi connectivity index (χ0) is 13.1. The number of anilines is 1. The van der Waals surface area contributed by atoms with Crippen LogP contribution < -0.4 is 5.73 Å². The summed E-state index contributed by atoms with van der Waals surface area (Å²) in [5.41, 5.74) is 5.52. The van der Waals surface area contributed by atoms with Crippen LogP contribution in [0.3, 0.4) is 0 Å². The maximum atomic E-state index is 5.52. The molecule has 0 unspecified atom stereocenters. The number of pyridine rings is 1. The molecule has 7 heteroatoms. The lowest BCUT2D eigenvalue weighted by Gasteiger charge is -1.97. The average molecular weight is 274 g/mol. The zero-order valence-electron chi connectivity index (χ0n) is 9.81. The van der Waals surface area contributed by atoms with E-state index in [2.05, 4.69) is 15.1 Å². The summed E-state index contributed by atoms with van der Waals surface area (Å²) in [7, 11) is 0. The van der Waals surface area contributed by atoms with E-state index in [-0.39, 0.29) is 0 Å². The molecule has 0 aliphatic heterocycles. The van der Waals surface area contributed by atoms with E-state index < -0.39 is 0 Å². The van der Waals surface area contributed by atoms with Gasteiger partial charge in [-0.25, -0.2) is 4.98 Å². The highest BCUT2D eigenvalue weighted by atomic mass is 32.2. The summed E-state index contributed by atoms with van der Waals surface area (Å²) >= 11 is 1.56. The van der Waals surface area contributed by atoms with Crippen LogP contribution in [0.5, 0.6) is 0 Å².